The molecule has 0 saturated carbocycles. The fourth-order valence-electron chi connectivity index (χ4n) is 10.1. The third-order valence-electron chi connectivity index (χ3n) is 14.3. The number of hydrogen-bond donors (Lipinski definition) is 0. The summed E-state index contributed by atoms with van der Waals surface area (Å²) in [6.07, 6.45) is 22.4. The van der Waals surface area contributed by atoms with Gasteiger partial charge in [0.05, 0.1) is 7.11 Å². The first-order valence-corrected chi connectivity index (χ1v) is 24.0. The zero-order chi connectivity index (χ0) is 46.4. The maximum atomic E-state index is 14.3. The van der Waals surface area contributed by atoms with Gasteiger partial charge in [0.25, 0.3) is 0 Å². The number of rotatable bonds is 20. The average molecular weight is 894 g/mol. The molecule has 6 rings (SSSR count). The van der Waals surface area contributed by atoms with Crippen molar-refractivity contribution >= 4 is 70.7 Å². The summed E-state index contributed by atoms with van der Waals surface area (Å²) in [6.45, 7) is 26.0. The van der Waals surface area contributed by atoms with Crippen LogP contribution in [0, 0.1) is 50.4 Å². The van der Waals surface area contributed by atoms with E-state index in [2.05, 4.69) is 62.0 Å². The van der Waals surface area contributed by atoms with Gasteiger partial charge in [0, 0.05) is 12.0 Å². The fourth-order valence-corrected chi connectivity index (χ4v) is 10.1. The van der Waals surface area contributed by atoms with Crippen LogP contribution < -0.4 is 25.7 Å². The first-order chi connectivity index (χ1) is 30.6. The Hall–Kier alpha value is -4.28. The van der Waals surface area contributed by atoms with Crippen molar-refractivity contribution in [2.75, 3.05) is 13.7 Å². The van der Waals surface area contributed by atoms with Crippen molar-refractivity contribution in [2.24, 2.45) is 29.6 Å². The van der Waals surface area contributed by atoms with E-state index in [0.29, 0.717) is 40.4 Å². The number of nitrogens with zero attached hydrogens (tertiary/aromatic N) is 4. The summed E-state index contributed by atoms with van der Waals surface area (Å²) in [4.78, 5) is 56.6. The van der Waals surface area contributed by atoms with Crippen LogP contribution in [0.25, 0.3) is 35.2 Å². The third kappa shape index (κ3) is 11.6. The van der Waals surface area contributed by atoms with Crippen LogP contribution in [0.2, 0.25) is 0 Å². The molecule has 3 aliphatic rings. The molecule has 346 valence electrons. The van der Waals surface area contributed by atoms with E-state index in [0.717, 1.165) is 81.1 Å². The van der Waals surface area contributed by atoms with Gasteiger partial charge >= 0.3 is 35.0 Å². The molecule has 0 N–H and O–H groups in total. The third-order valence-corrected chi connectivity index (χ3v) is 14.3. The number of allylic oxidation sites excluding steroid dienone is 2. The number of aromatic nitrogens is 3. The van der Waals surface area contributed by atoms with Crippen molar-refractivity contribution in [3.63, 3.8) is 0 Å². The molecule has 5 atom stereocenters. The molecule has 9 nitrogen and oxygen atoms in total. The predicted octanol–water partition coefficient (Wildman–Crippen LogP) is 10.2. The van der Waals surface area contributed by atoms with Gasteiger partial charge in [-0.05, 0) is 94.6 Å². The summed E-state index contributed by atoms with van der Waals surface area (Å²) >= 11 is 0. The number of esters is 2. The van der Waals surface area contributed by atoms with Gasteiger partial charge in [0.15, 0.2) is 5.78 Å². The Kier molecular flexibility index (Phi) is 18.3. The van der Waals surface area contributed by atoms with Crippen LogP contribution >= 0.6 is 0 Å². The summed E-state index contributed by atoms with van der Waals surface area (Å²) in [5.41, 5.74) is 10.1. The van der Waals surface area contributed by atoms with E-state index in [1.807, 2.05) is 44.2 Å². The molecule has 3 aromatic heterocycles. The van der Waals surface area contributed by atoms with Crippen LogP contribution in [-0.2, 0) is 25.5 Å². The number of carbonyl (C=O) groups excluding carboxylic acids is 3. The quantitative estimate of drug-likeness (QED) is 0.0475. The number of ketones is 1. The molecule has 65 heavy (non-hydrogen) atoms. The largest absolute Gasteiger partial charge is 2.00 e. The summed E-state index contributed by atoms with van der Waals surface area (Å²) in [6, 6.07) is -0.650. The van der Waals surface area contributed by atoms with Crippen LogP contribution in [0.4, 0.5) is 0 Å². The first-order valence-electron chi connectivity index (χ1n) is 24.0. The molecule has 1 unspecified atom stereocenters. The molecular formula is C55H72MgN4O5-2. The Bertz CT molecular complexity index is 2450. The Labute approximate surface area is 404 Å². The smallest absolute Gasteiger partial charge is 0.681 e. The van der Waals surface area contributed by atoms with Gasteiger partial charge in [-0.3, -0.25) is 9.59 Å². The van der Waals surface area contributed by atoms with E-state index in [9.17, 15) is 14.4 Å². The van der Waals surface area contributed by atoms with Crippen LogP contribution in [0.3, 0.4) is 0 Å². The molecule has 10 heteroatoms. The summed E-state index contributed by atoms with van der Waals surface area (Å²) in [5, 5.41) is 6.90. The van der Waals surface area contributed by atoms with E-state index in [-0.39, 0.29) is 59.5 Å². The number of hydrogen-bond acceptors (Lipinski definition) is 5. The standard InChI is InChI=1S/C55H74N4O5.Mg/c1-13-39-35(8)42-28-44-37(10)41(24-25-48(60)64-27-26-34(7)23-17-22-33(6)21-16-20-32(5)19-15-18-31(3)4)52(58-44)50-51(55(62)63-12)54(61)49-38(11)45(59-53(49)50)30-47-40(14-2)36(9)43(57-47)29-46(39)56-42;/h13,26,28-33,37,41,52H,1,14-25,27H2,2-12H3,(H2-2,56,57,58,59,61,62);/q-2;+2/p-2/b34-26+;/t32-,33-,37+,41+,52?;/m1./s1. The van der Waals surface area contributed by atoms with E-state index >= 15 is 0 Å². The van der Waals surface area contributed by atoms with Gasteiger partial charge in [0.1, 0.15) is 12.2 Å². The van der Waals surface area contributed by atoms with Crippen molar-refractivity contribution in [2.45, 2.75) is 152 Å². The van der Waals surface area contributed by atoms with Crippen LogP contribution in [0.5, 0.6) is 0 Å². The van der Waals surface area contributed by atoms with Gasteiger partial charge in [-0.15, -0.1) is 33.5 Å². The second-order valence-electron chi connectivity index (χ2n) is 19.4. The minimum atomic E-state index is -0.722. The maximum Gasteiger partial charge on any atom is 2.00 e. The molecule has 5 heterocycles. The zero-order valence-electron chi connectivity index (χ0n) is 41.3. The van der Waals surface area contributed by atoms with Gasteiger partial charge in [-0.25, -0.2) is 4.79 Å². The average Bonchev–Trinajstić information content (AvgIpc) is 3.99. The van der Waals surface area contributed by atoms with Crippen molar-refractivity contribution in [1.82, 2.24) is 15.0 Å². The normalized spacial score (nSPS) is 20.6. The molecule has 0 amide bonds. The number of Topliss-reactive ketones (excluding diaryl/α,β-unsaturated/α-hetero) is 1. The van der Waals surface area contributed by atoms with Crippen molar-refractivity contribution < 1.29 is 23.9 Å². The van der Waals surface area contributed by atoms with Crippen LogP contribution in [0.1, 0.15) is 180 Å². The number of ether oxygens (including phenoxy) is 2. The molecule has 8 bridgehead atoms. The van der Waals surface area contributed by atoms with Gasteiger partial charge in [0.2, 0.25) is 0 Å². The molecule has 1 aliphatic carbocycles. The number of methoxy groups -OCH3 is 1. The van der Waals surface area contributed by atoms with Gasteiger partial charge < -0.3 is 29.7 Å². The summed E-state index contributed by atoms with van der Waals surface area (Å²) in [5.74, 6) is 0.477. The fraction of sp³-hybridized carbons (Fsp3) is 0.545. The van der Waals surface area contributed by atoms with Crippen molar-refractivity contribution in [1.29, 1.82) is 0 Å². The van der Waals surface area contributed by atoms with Crippen molar-refractivity contribution in [3.05, 3.63) is 102 Å². The first kappa shape index (κ1) is 51.7. The molecule has 1 fully saturated rings. The second-order valence-corrected chi connectivity index (χ2v) is 19.4. The monoisotopic (exact) mass is 893 g/mol. The van der Waals surface area contributed by atoms with E-state index < -0.39 is 17.8 Å². The van der Waals surface area contributed by atoms with Crippen molar-refractivity contribution in [3.8, 4) is 0 Å². The minimum absolute atomic E-state index is 0. The second kappa shape index (κ2) is 22.9. The van der Waals surface area contributed by atoms with E-state index in [4.69, 9.17) is 29.7 Å². The van der Waals surface area contributed by atoms with Gasteiger partial charge in [-0.2, -0.15) is 5.70 Å². The maximum absolute atomic E-state index is 14.3. The van der Waals surface area contributed by atoms with Crippen LogP contribution in [-0.4, -0.2) is 60.5 Å². The summed E-state index contributed by atoms with van der Waals surface area (Å²) in [7, 11) is 1.28. The molecule has 2 aliphatic heterocycles. The van der Waals surface area contributed by atoms with E-state index in [1.54, 1.807) is 0 Å². The zero-order valence-corrected chi connectivity index (χ0v) is 42.7. The molecule has 1 saturated heterocycles. The van der Waals surface area contributed by atoms with E-state index in [1.165, 1.54) is 57.6 Å². The molecule has 3 aromatic rings. The Balaban J connectivity index is 0.00000793. The van der Waals surface area contributed by atoms with Crippen LogP contribution in [0.15, 0.2) is 29.5 Å². The molecule has 0 radical (unpaired) electrons. The van der Waals surface area contributed by atoms with Gasteiger partial charge in [-0.1, -0.05) is 157 Å². The SMILES string of the molecule is C=Cc1c2[n-]c(c1C)/C=C1\[N-]C(C3=C(C(=O)OC)C(=O)c4c3[n-]c(c4C)/C=c3\[n-]/c(c(C)c3CC)=C\2)[C@@H](CCC(=O)OC/C=C(\C)CCC[C@H](C)CCC[C@H](C)CCCC(C)C)[C@@H]1C.[Mg+2]. The Morgan fingerprint density at radius 1 is 0.831 bits per heavy atom. The molecular weight excluding hydrogens is 821 g/mol. The predicted molar refractivity (Wildman–Crippen MR) is 265 cm³/mol. The molecule has 0 aromatic carbocycles. The number of carbonyl (C=O) groups is 3. The molecule has 0 spiro atoms. The topological polar surface area (TPSA) is 126 Å². The number of fused-ring (bicyclic) bond motifs is 8. The Morgan fingerprint density at radius 2 is 1.48 bits per heavy atom. The Morgan fingerprint density at radius 3 is 2.12 bits per heavy atom. The minimum Gasteiger partial charge on any atom is -0.681 e. The summed E-state index contributed by atoms with van der Waals surface area (Å²) < 4.78 is 11.0.